The summed E-state index contributed by atoms with van der Waals surface area (Å²) in [5, 5.41) is 22.3. The van der Waals surface area contributed by atoms with Gasteiger partial charge < -0.3 is 15.5 Å². The average Bonchev–Trinajstić information content (AvgIpc) is 2.47. The van der Waals surface area contributed by atoms with Gasteiger partial charge in [-0.1, -0.05) is 35.9 Å². The van der Waals surface area contributed by atoms with Gasteiger partial charge in [0, 0.05) is 12.1 Å². The van der Waals surface area contributed by atoms with E-state index >= 15 is 0 Å². The van der Waals surface area contributed by atoms with E-state index in [1.807, 2.05) is 31.2 Å². The molecule has 1 amide bonds. The van der Waals surface area contributed by atoms with Gasteiger partial charge in [-0.3, -0.25) is 4.79 Å². The molecule has 0 saturated heterocycles. The van der Waals surface area contributed by atoms with Gasteiger partial charge in [0.2, 0.25) is 0 Å². The molecule has 2 rings (SSSR count). The Hall–Kier alpha value is -2.33. The van der Waals surface area contributed by atoms with Gasteiger partial charge in [-0.15, -0.1) is 0 Å². The molecule has 2 aromatic rings. The number of aryl methyl sites for hydroxylation is 2. The lowest BCUT2D eigenvalue weighted by atomic mass is 10.1. The Morgan fingerprint density at radius 3 is 2.62 bits per heavy atom. The highest BCUT2D eigenvalue weighted by Crippen LogP contribution is 2.18. The Morgan fingerprint density at radius 1 is 1.19 bits per heavy atom. The largest absolute Gasteiger partial charge is 0.508 e. The van der Waals surface area contributed by atoms with Crippen molar-refractivity contribution in [3.8, 4) is 5.75 Å². The van der Waals surface area contributed by atoms with E-state index in [1.54, 1.807) is 19.1 Å². The highest BCUT2D eigenvalue weighted by atomic mass is 16.3. The second kappa shape index (κ2) is 6.41. The molecule has 2 aromatic carbocycles. The number of nitrogens with one attached hydrogen (secondary N) is 1. The van der Waals surface area contributed by atoms with E-state index in [1.165, 1.54) is 6.07 Å². The zero-order valence-corrected chi connectivity index (χ0v) is 12.1. The van der Waals surface area contributed by atoms with Crippen molar-refractivity contribution < 1.29 is 15.0 Å². The van der Waals surface area contributed by atoms with Gasteiger partial charge in [-0.05, 0) is 37.1 Å². The minimum absolute atomic E-state index is 0.0851. The van der Waals surface area contributed by atoms with E-state index in [0.29, 0.717) is 11.1 Å². The van der Waals surface area contributed by atoms with Gasteiger partial charge in [-0.2, -0.15) is 0 Å². The Labute approximate surface area is 124 Å². The van der Waals surface area contributed by atoms with Crippen LogP contribution >= 0.6 is 0 Å². The van der Waals surface area contributed by atoms with Crippen LogP contribution in [0.2, 0.25) is 0 Å². The van der Waals surface area contributed by atoms with Crippen LogP contribution in [0.3, 0.4) is 0 Å². The normalized spacial score (nSPS) is 12.0. The third kappa shape index (κ3) is 3.83. The van der Waals surface area contributed by atoms with Crippen molar-refractivity contribution in [2.45, 2.75) is 20.0 Å². The van der Waals surface area contributed by atoms with Crippen LogP contribution in [0.25, 0.3) is 0 Å². The first-order valence-electron chi connectivity index (χ1n) is 6.80. The van der Waals surface area contributed by atoms with E-state index in [9.17, 15) is 15.0 Å². The minimum Gasteiger partial charge on any atom is -0.508 e. The van der Waals surface area contributed by atoms with Crippen LogP contribution in [0.15, 0.2) is 42.5 Å². The number of amides is 1. The molecule has 0 aliphatic rings. The summed E-state index contributed by atoms with van der Waals surface area (Å²) in [7, 11) is 0. The molecule has 110 valence electrons. The van der Waals surface area contributed by atoms with Gasteiger partial charge >= 0.3 is 0 Å². The quantitative estimate of drug-likeness (QED) is 0.808. The number of aliphatic hydroxyl groups is 1. The third-order valence-corrected chi connectivity index (χ3v) is 3.35. The summed E-state index contributed by atoms with van der Waals surface area (Å²) in [4.78, 5) is 12.0. The molecule has 0 spiro atoms. The Kier molecular flexibility index (Phi) is 4.60. The van der Waals surface area contributed by atoms with Crippen molar-refractivity contribution >= 4 is 5.91 Å². The lowest BCUT2D eigenvalue weighted by molar-refractivity contribution is 0.0916. The molecule has 4 heteroatoms. The summed E-state index contributed by atoms with van der Waals surface area (Å²) in [6, 6.07) is 12.3. The van der Waals surface area contributed by atoms with E-state index in [0.717, 1.165) is 11.1 Å². The number of rotatable bonds is 4. The monoisotopic (exact) mass is 285 g/mol. The molecule has 4 nitrogen and oxygen atoms in total. The Morgan fingerprint density at radius 2 is 1.95 bits per heavy atom. The van der Waals surface area contributed by atoms with Crippen molar-refractivity contribution in [1.82, 2.24) is 5.32 Å². The van der Waals surface area contributed by atoms with Crippen molar-refractivity contribution in [1.29, 1.82) is 0 Å². The summed E-state index contributed by atoms with van der Waals surface area (Å²) in [6.45, 7) is 3.83. The maximum Gasteiger partial charge on any atom is 0.251 e. The smallest absolute Gasteiger partial charge is 0.251 e. The predicted molar refractivity (Wildman–Crippen MR) is 81.3 cm³/mol. The number of benzene rings is 2. The second-order valence-electron chi connectivity index (χ2n) is 5.14. The Bertz CT molecular complexity index is 652. The van der Waals surface area contributed by atoms with Crippen molar-refractivity contribution in [2.75, 3.05) is 6.54 Å². The van der Waals surface area contributed by atoms with Crippen LogP contribution in [-0.4, -0.2) is 22.7 Å². The highest BCUT2D eigenvalue weighted by Gasteiger charge is 2.12. The lowest BCUT2D eigenvalue weighted by Gasteiger charge is -2.13. The van der Waals surface area contributed by atoms with Gasteiger partial charge in [-0.25, -0.2) is 0 Å². The number of hydrogen-bond acceptors (Lipinski definition) is 3. The summed E-state index contributed by atoms with van der Waals surface area (Å²) in [6.07, 6.45) is -0.757. The summed E-state index contributed by atoms with van der Waals surface area (Å²) in [5.74, 6) is -0.237. The van der Waals surface area contributed by atoms with Crippen LogP contribution in [0.5, 0.6) is 5.75 Å². The van der Waals surface area contributed by atoms with Gasteiger partial charge in [0.1, 0.15) is 5.75 Å². The zero-order valence-electron chi connectivity index (χ0n) is 12.1. The SMILES string of the molecule is Cc1cccc(C(O)CNC(=O)c2ccc(C)c(O)c2)c1. The number of aliphatic hydroxyl groups excluding tert-OH is 1. The predicted octanol–water partition coefficient (Wildman–Crippen LogP) is 2.47. The van der Waals surface area contributed by atoms with E-state index in [4.69, 9.17) is 0 Å². The number of hydrogen-bond donors (Lipinski definition) is 3. The summed E-state index contributed by atoms with van der Waals surface area (Å²) < 4.78 is 0. The van der Waals surface area contributed by atoms with Crippen LogP contribution in [-0.2, 0) is 0 Å². The topological polar surface area (TPSA) is 69.6 Å². The van der Waals surface area contributed by atoms with Gasteiger partial charge in [0.15, 0.2) is 0 Å². The first kappa shape index (κ1) is 15.1. The second-order valence-corrected chi connectivity index (χ2v) is 5.14. The molecule has 0 aliphatic carbocycles. The van der Waals surface area contributed by atoms with Crippen LogP contribution in [0, 0.1) is 13.8 Å². The van der Waals surface area contributed by atoms with E-state index < -0.39 is 6.10 Å². The fourth-order valence-corrected chi connectivity index (χ4v) is 2.04. The molecule has 3 N–H and O–H groups in total. The number of phenolic OH excluding ortho intramolecular Hbond substituents is 1. The number of carbonyl (C=O) groups excluding carboxylic acids is 1. The average molecular weight is 285 g/mol. The van der Waals surface area contributed by atoms with Crippen LogP contribution in [0.4, 0.5) is 0 Å². The molecular weight excluding hydrogens is 266 g/mol. The first-order chi connectivity index (χ1) is 9.97. The highest BCUT2D eigenvalue weighted by molar-refractivity contribution is 5.94. The number of aromatic hydroxyl groups is 1. The maximum atomic E-state index is 12.0. The van der Waals surface area contributed by atoms with E-state index in [-0.39, 0.29) is 18.2 Å². The minimum atomic E-state index is -0.757. The standard InChI is InChI=1S/C17H19NO3/c1-11-4-3-5-13(8-11)16(20)10-18-17(21)14-7-6-12(2)15(19)9-14/h3-9,16,19-20H,10H2,1-2H3,(H,18,21). The Balaban J connectivity index is 1.99. The fourth-order valence-electron chi connectivity index (χ4n) is 2.04. The van der Waals surface area contributed by atoms with Crippen molar-refractivity contribution in [2.24, 2.45) is 0 Å². The molecule has 0 fully saturated rings. The number of carbonyl (C=O) groups is 1. The molecular formula is C17H19NO3. The third-order valence-electron chi connectivity index (χ3n) is 3.35. The molecule has 21 heavy (non-hydrogen) atoms. The zero-order chi connectivity index (χ0) is 15.4. The summed E-state index contributed by atoms with van der Waals surface area (Å²) >= 11 is 0. The van der Waals surface area contributed by atoms with Crippen LogP contribution in [0.1, 0.15) is 33.2 Å². The van der Waals surface area contributed by atoms with E-state index in [2.05, 4.69) is 5.32 Å². The molecule has 0 aromatic heterocycles. The molecule has 0 heterocycles. The van der Waals surface area contributed by atoms with Gasteiger partial charge in [0.25, 0.3) is 5.91 Å². The molecule has 0 saturated carbocycles. The number of phenols is 1. The molecule has 0 aliphatic heterocycles. The summed E-state index contributed by atoms with van der Waals surface area (Å²) in [5.41, 5.74) is 2.91. The van der Waals surface area contributed by atoms with Crippen molar-refractivity contribution in [3.05, 3.63) is 64.7 Å². The fraction of sp³-hybridized carbons (Fsp3) is 0.235. The van der Waals surface area contributed by atoms with Gasteiger partial charge in [0.05, 0.1) is 6.10 Å². The maximum absolute atomic E-state index is 12.0. The van der Waals surface area contributed by atoms with Crippen molar-refractivity contribution in [3.63, 3.8) is 0 Å². The van der Waals surface area contributed by atoms with Crippen LogP contribution < -0.4 is 5.32 Å². The molecule has 0 bridgehead atoms. The molecule has 1 atom stereocenters. The molecule has 0 radical (unpaired) electrons. The lowest BCUT2D eigenvalue weighted by Crippen LogP contribution is -2.28. The first-order valence-corrected chi connectivity index (χ1v) is 6.80. The molecule has 1 unspecified atom stereocenters.